The molecule has 0 saturated carbocycles. The Bertz CT molecular complexity index is 1200. The first-order chi connectivity index (χ1) is 12.8. The quantitative estimate of drug-likeness (QED) is 0.686. The molecule has 8 nitrogen and oxygen atoms in total. The Morgan fingerprint density at radius 2 is 1.96 bits per heavy atom. The second-order valence-corrected chi connectivity index (χ2v) is 8.83. The molecule has 2 heterocycles. The van der Waals surface area contributed by atoms with E-state index < -0.39 is 21.8 Å². The van der Waals surface area contributed by atoms with Gasteiger partial charge in [0.05, 0.1) is 16.2 Å². The lowest BCUT2D eigenvalue weighted by Crippen LogP contribution is -2.39. The Hall–Kier alpha value is -2.78. The molecule has 0 aliphatic carbocycles. The number of piperidine rings is 1. The van der Waals surface area contributed by atoms with Gasteiger partial charge in [0, 0.05) is 20.5 Å². The number of fused-ring (bicyclic) bond motifs is 3. The Kier molecular flexibility index (Phi) is 4.01. The van der Waals surface area contributed by atoms with Gasteiger partial charge < -0.3 is 4.52 Å². The van der Waals surface area contributed by atoms with Gasteiger partial charge in [0.1, 0.15) is 5.69 Å². The third-order valence-corrected chi connectivity index (χ3v) is 6.61. The highest BCUT2D eigenvalue weighted by atomic mass is 32.2. The molecule has 0 spiro atoms. The van der Waals surface area contributed by atoms with Crippen LogP contribution in [0.3, 0.4) is 0 Å². The van der Waals surface area contributed by atoms with Crippen LogP contribution in [0.4, 0.5) is 0 Å². The number of nitrogens with one attached hydrogen (secondary N) is 1. The van der Waals surface area contributed by atoms with Gasteiger partial charge in [-0.1, -0.05) is 17.3 Å². The van der Waals surface area contributed by atoms with E-state index in [0.29, 0.717) is 28.5 Å². The van der Waals surface area contributed by atoms with E-state index in [1.807, 2.05) is 0 Å². The predicted octanol–water partition coefficient (Wildman–Crippen LogP) is 1.75. The van der Waals surface area contributed by atoms with Gasteiger partial charge in [-0.05, 0) is 35.4 Å². The molecule has 9 heteroatoms. The standard InChI is InChI=1S/C18H17N3O5S/c1-21(2)27(24,25)11-4-5-12-10(9-11)3-7-14-16(12)17(20-26-14)13-6-8-15(22)19-18(13)23/h3-5,7,9,13H,6,8H2,1-2H3,(H,19,22,23)/t13-/m0/s1. The van der Waals surface area contributed by atoms with Crippen molar-refractivity contribution in [3.05, 3.63) is 36.0 Å². The van der Waals surface area contributed by atoms with Gasteiger partial charge in [0.15, 0.2) is 5.58 Å². The largest absolute Gasteiger partial charge is 0.356 e. The zero-order valence-corrected chi connectivity index (χ0v) is 15.5. The monoisotopic (exact) mass is 387 g/mol. The van der Waals surface area contributed by atoms with Crippen molar-refractivity contribution in [1.82, 2.24) is 14.8 Å². The molecule has 1 fully saturated rings. The van der Waals surface area contributed by atoms with E-state index in [1.54, 1.807) is 24.3 Å². The maximum Gasteiger partial charge on any atom is 0.242 e. The van der Waals surface area contributed by atoms with Crippen molar-refractivity contribution in [3.63, 3.8) is 0 Å². The van der Waals surface area contributed by atoms with E-state index in [-0.39, 0.29) is 17.2 Å². The molecule has 1 aliphatic heterocycles. The van der Waals surface area contributed by atoms with Gasteiger partial charge >= 0.3 is 0 Å². The van der Waals surface area contributed by atoms with Gasteiger partial charge in [0.2, 0.25) is 21.8 Å². The smallest absolute Gasteiger partial charge is 0.242 e. The SMILES string of the molecule is CN(C)S(=O)(=O)c1ccc2c(ccc3onc([C@@H]4CCC(=O)NC4=O)c32)c1. The van der Waals surface area contributed by atoms with Gasteiger partial charge in [-0.2, -0.15) is 0 Å². The van der Waals surface area contributed by atoms with Crippen LogP contribution < -0.4 is 5.32 Å². The van der Waals surface area contributed by atoms with E-state index in [2.05, 4.69) is 10.5 Å². The molecular formula is C18H17N3O5S. The van der Waals surface area contributed by atoms with Crippen molar-refractivity contribution < 1.29 is 22.5 Å². The summed E-state index contributed by atoms with van der Waals surface area (Å²) in [5.41, 5.74) is 0.967. The lowest BCUT2D eigenvalue weighted by atomic mass is 9.91. The van der Waals surface area contributed by atoms with E-state index in [4.69, 9.17) is 4.52 Å². The van der Waals surface area contributed by atoms with Crippen LogP contribution >= 0.6 is 0 Å². The van der Waals surface area contributed by atoms with Crippen LogP contribution in [0.15, 0.2) is 39.8 Å². The minimum atomic E-state index is -3.56. The Balaban J connectivity index is 1.90. The lowest BCUT2D eigenvalue weighted by molar-refractivity contribution is -0.134. The molecule has 1 saturated heterocycles. The van der Waals surface area contributed by atoms with Crippen molar-refractivity contribution in [1.29, 1.82) is 0 Å². The van der Waals surface area contributed by atoms with Gasteiger partial charge in [0.25, 0.3) is 0 Å². The first kappa shape index (κ1) is 17.6. The summed E-state index contributed by atoms with van der Waals surface area (Å²) >= 11 is 0. The van der Waals surface area contributed by atoms with Crippen molar-refractivity contribution in [2.45, 2.75) is 23.7 Å². The molecule has 1 atom stereocenters. The fourth-order valence-corrected chi connectivity index (χ4v) is 4.27. The van der Waals surface area contributed by atoms with Crippen LogP contribution in [0.5, 0.6) is 0 Å². The highest BCUT2D eigenvalue weighted by Gasteiger charge is 2.32. The summed E-state index contributed by atoms with van der Waals surface area (Å²) in [5.74, 6) is -1.28. The summed E-state index contributed by atoms with van der Waals surface area (Å²) in [6.45, 7) is 0. The molecule has 0 unspecified atom stereocenters. The zero-order chi connectivity index (χ0) is 19.3. The number of sulfonamides is 1. The number of nitrogens with zero attached hydrogens (tertiary/aromatic N) is 2. The van der Waals surface area contributed by atoms with E-state index in [9.17, 15) is 18.0 Å². The molecule has 27 heavy (non-hydrogen) atoms. The van der Waals surface area contributed by atoms with Crippen molar-refractivity contribution in [2.75, 3.05) is 14.1 Å². The molecule has 2 aromatic carbocycles. The molecule has 3 aromatic rings. The topological polar surface area (TPSA) is 110 Å². The van der Waals surface area contributed by atoms with Crippen LogP contribution in [0.2, 0.25) is 0 Å². The summed E-state index contributed by atoms with van der Waals surface area (Å²) in [5, 5.41) is 8.50. The summed E-state index contributed by atoms with van der Waals surface area (Å²) in [6, 6.07) is 8.27. The molecule has 2 amide bonds. The van der Waals surface area contributed by atoms with Crippen molar-refractivity contribution >= 4 is 43.6 Å². The fraction of sp³-hybridized carbons (Fsp3) is 0.278. The summed E-state index contributed by atoms with van der Waals surface area (Å²) in [4.78, 5) is 23.8. The van der Waals surface area contributed by atoms with Crippen LogP contribution in [0.25, 0.3) is 21.7 Å². The number of carbonyl (C=O) groups is 2. The zero-order valence-electron chi connectivity index (χ0n) is 14.7. The molecule has 4 rings (SSSR count). The number of amides is 2. The van der Waals surface area contributed by atoms with E-state index in [1.165, 1.54) is 20.2 Å². The Labute approximate surface area is 155 Å². The molecule has 1 aliphatic rings. The summed E-state index contributed by atoms with van der Waals surface area (Å²) < 4.78 is 31.3. The molecule has 140 valence electrons. The number of benzene rings is 2. The number of hydrogen-bond donors (Lipinski definition) is 1. The molecule has 1 aromatic heterocycles. The number of aromatic nitrogens is 1. The lowest BCUT2D eigenvalue weighted by Gasteiger charge is -2.19. The highest BCUT2D eigenvalue weighted by molar-refractivity contribution is 7.89. The van der Waals surface area contributed by atoms with Gasteiger partial charge in [-0.25, -0.2) is 12.7 Å². The maximum atomic E-state index is 12.4. The normalized spacial score (nSPS) is 18.4. The van der Waals surface area contributed by atoms with Crippen molar-refractivity contribution in [2.24, 2.45) is 0 Å². The average molecular weight is 387 g/mol. The number of carbonyl (C=O) groups excluding carboxylic acids is 2. The van der Waals surface area contributed by atoms with Crippen LogP contribution in [-0.4, -0.2) is 43.8 Å². The maximum absolute atomic E-state index is 12.4. The first-order valence-electron chi connectivity index (χ1n) is 8.37. The van der Waals surface area contributed by atoms with Crippen LogP contribution in [0.1, 0.15) is 24.5 Å². The Morgan fingerprint density at radius 1 is 1.19 bits per heavy atom. The van der Waals surface area contributed by atoms with Crippen molar-refractivity contribution in [3.8, 4) is 0 Å². The average Bonchev–Trinajstić information content (AvgIpc) is 3.05. The second-order valence-electron chi connectivity index (χ2n) is 6.68. The van der Waals surface area contributed by atoms with E-state index in [0.717, 1.165) is 9.69 Å². The molecular weight excluding hydrogens is 370 g/mol. The third kappa shape index (κ3) is 2.79. The summed E-state index contributed by atoms with van der Waals surface area (Å²) in [7, 11) is -0.609. The first-order valence-corrected chi connectivity index (χ1v) is 9.81. The predicted molar refractivity (Wildman–Crippen MR) is 97.5 cm³/mol. The highest BCUT2D eigenvalue weighted by Crippen LogP contribution is 2.35. The number of rotatable bonds is 3. The summed E-state index contributed by atoms with van der Waals surface area (Å²) in [6.07, 6.45) is 0.594. The number of imide groups is 1. The third-order valence-electron chi connectivity index (χ3n) is 4.80. The molecule has 0 bridgehead atoms. The van der Waals surface area contributed by atoms with Crippen LogP contribution in [-0.2, 0) is 19.6 Å². The van der Waals surface area contributed by atoms with Crippen LogP contribution in [0, 0.1) is 0 Å². The minimum Gasteiger partial charge on any atom is -0.356 e. The molecule has 1 N–H and O–H groups in total. The second kappa shape index (κ2) is 6.14. The fourth-order valence-electron chi connectivity index (χ4n) is 3.34. The molecule has 0 radical (unpaired) electrons. The Morgan fingerprint density at radius 3 is 2.67 bits per heavy atom. The minimum absolute atomic E-state index is 0.179. The van der Waals surface area contributed by atoms with E-state index >= 15 is 0 Å². The van der Waals surface area contributed by atoms with Gasteiger partial charge in [-0.15, -0.1) is 0 Å². The van der Waals surface area contributed by atoms with Gasteiger partial charge in [-0.3, -0.25) is 14.9 Å². The number of hydrogen-bond acceptors (Lipinski definition) is 6.